The molecule has 0 amide bonds. The maximum Gasteiger partial charge on any atom is 0.416 e. The van der Waals surface area contributed by atoms with Gasteiger partial charge >= 0.3 is 6.18 Å². The molecule has 4 nitrogen and oxygen atoms in total. The second-order valence-electron chi connectivity index (χ2n) is 6.95. The number of nitrogens with zero attached hydrogens (tertiary/aromatic N) is 2. The molecule has 1 saturated heterocycles. The van der Waals surface area contributed by atoms with Crippen molar-refractivity contribution in [2.24, 2.45) is 0 Å². The van der Waals surface area contributed by atoms with E-state index < -0.39 is 17.8 Å². The largest absolute Gasteiger partial charge is 0.462 e. The topological polar surface area (TPSA) is 42.4 Å². The van der Waals surface area contributed by atoms with Gasteiger partial charge < -0.3 is 9.64 Å². The van der Waals surface area contributed by atoms with Gasteiger partial charge in [-0.15, -0.1) is 0 Å². The van der Waals surface area contributed by atoms with Crippen LogP contribution in [0.2, 0.25) is 0 Å². The zero-order chi connectivity index (χ0) is 19.7. The number of carbonyl (C=O) groups excluding carboxylic acids is 1. The minimum atomic E-state index is -4.48. The average Bonchev–Trinajstić information content (AvgIpc) is 3.06. The van der Waals surface area contributed by atoms with E-state index in [4.69, 9.17) is 4.74 Å². The van der Waals surface area contributed by atoms with E-state index in [1.807, 2.05) is 4.90 Å². The first-order valence-electron chi connectivity index (χ1n) is 9.23. The van der Waals surface area contributed by atoms with Gasteiger partial charge in [-0.05, 0) is 43.0 Å². The predicted octanol–water partition coefficient (Wildman–Crippen LogP) is 4.60. The molecular weight excluding hydrogens is 369 g/mol. The molecule has 28 heavy (non-hydrogen) atoms. The molecule has 0 spiro atoms. The molecule has 1 unspecified atom stereocenters. The first kappa shape index (κ1) is 18.5. The highest BCUT2D eigenvalue weighted by Gasteiger charge is 2.40. The van der Waals surface area contributed by atoms with Crippen molar-refractivity contribution in [1.82, 2.24) is 9.88 Å². The van der Waals surface area contributed by atoms with Crippen LogP contribution in [0.4, 0.5) is 13.2 Å². The number of hydrogen-bond acceptors (Lipinski definition) is 4. The number of benzene rings is 1. The number of hydrogen-bond donors (Lipinski definition) is 0. The lowest BCUT2D eigenvalue weighted by Gasteiger charge is -2.30. The van der Waals surface area contributed by atoms with Gasteiger partial charge in [-0.25, -0.2) is 0 Å². The first-order chi connectivity index (χ1) is 13.4. The Balaban J connectivity index is 1.78. The molecule has 4 rings (SSSR count). The van der Waals surface area contributed by atoms with Crippen LogP contribution in [-0.4, -0.2) is 28.8 Å². The zero-order valence-electron chi connectivity index (χ0n) is 15.1. The number of ketones is 1. The van der Waals surface area contributed by atoms with Gasteiger partial charge in [0.15, 0.2) is 6.10 Å². The van der Waals surface area contributed by atoms with E-state index in [9.17, 15) is 18.0 Å². The predicted molar refractivity (Wildman–Crippen MR) is 96.9 cm³/mol. The van der Waals surface area contributed by atoms with Crippen LogP contribution in [0.25, 0.3) is 5.57 Å². The van der Waals surface area contributed by atoms with Gasteiger partial charge in [0.2, 0.25) is 11.7 Å². The Labute approximate surface area is 160 Å². The normalized spacial score (nSPS) is 20.5. The summed E-state index contributed by atoms with van der Waals surface area (Å²) in [6, 6.07) is 8.31. The number of ether oxygens (including phenoxy) is 1. The third-order valence-electron chi connectivity index (χ3n) is 5.04. The third-order valence-corrected chi connectivity index (χ3v) is 5.04. The Kier molecular flexibility index (Phi) is 4.83. The first-order valence-corrected chi connectivity index (χ1v) is 9.23. The van der Waals surface area contributed by atoms with Crippen LogP contribution < -0.4 is 0 Å². The minimum absolute atomic E-state index is 0.210. The maximum absolute atomic E-state index is 13.2. The van der Waals surface area contributed by atoms with Gasteiger partial charge in [0, 0.05) is 31.0 Å². The summed E-state index contributed by atoms with van der Waals surface area (Å²) in [7, 11) is 0. The summed E-state index contributed by atoms with van der Waals surface area (Å²) < 4.78 is 45.6. The van der Waals surface area contributed by atoms with Crippen molar-refractivity contribution in [2.75, 3.05) is 13.1 Å². The highest BCUT2D eigenvalue weighted by Crippen LogP contribution is 2.41. The van der Waals surface area contributed by atoms with E-state index >= 15 is 0 Å². The second kappa shape index (κ2) is 7.30. The van der Waals surface area contributed by atoms with E-state index in [0.717, 1.165) is 31.4 Å². The van der Waals surface area contributed by atoms with E-state index in [-0.39, 0.29) is 16.9 Å². The van der Waals surface area contributed by atoms with Crippen molar-refractivity contribution < 1.29 is 22.7 Å². The van der Waals surface area contributed by atoms with E-state index in [0.29, 0.717) is 24.5 Å². The lowest BCUT2D eigenvalue weighted by Crippen LogP contribution is -2.30. The lowest BCUT2D eigenvalue weighted by molar-refractivity contribution is -0.137. The standard InChI is InChI=1S/C21H19F3N2O2/c22-21(23,24)16-8-4-6-14(12-16)17-18(27)19(15-7-5-9-25-13-15)28-20(17)26-10-2-1-3-11-26/h4-9,12-13,19H,1-3,10-11H2. The Morgan fingerprint density at radius 1 is 1.07 bits per heavy atom. The number of Topliss-reactive ketones (excluding diaryl/α,β-unsaturated/α-hetero) is 1. The summed E-state index contributed by atoms with van der Waals surface area (Å²) in [4.78, 5) is 19.2. The molecule has 1 fully saturated rings. The number of alkyl halides is 3. The van der Waals surface area contributed by atoms with Crippen LogP contribution in [-0.2, 0) is 15.7 Å². The number of aromatic nitrogens is 1. The van der Waals surface area contributed by atoms with Crippen molar-refractivity contribution >= 4 is 11.4 Å². The van der Waals surface area contributed by atoms with Crippen molar-refractivity contribution in [3.8, 4) is 0 Å². The van der Waals surface area contributed by atoms with Gasteiger partial charge in [0.25, 0.3) is 0 Å². The van der Waals surface area contributed by atoms with Gasteiger partial charge in [-0.3, -0.25) is 9.78 Å². The maximum atomic E-state index is 13.2. The number of piperidine rings is 1. The number of likely N-dealkylation sites (tertiary alicyclic amines) is 1. The molecule has 0 radical (unpaired) electrons. The van der Waals surface area contributed by atoms with Crippen molar-refractivity contribution in [2.45, 2.75) is 31.5 Å². The monoisotopic (exact) mass is 388 g/mol. The van der Waals surface area contributed by atoms with Crippen LogP contribution in [0.5, 0.6) is 0 Å². The fraction of sp³-hybridized carbons (Fsp3) is 0.333. The van der Waals surface area contributed by atoms with Crippen LogP contribution in [0.3, 0.4) is 0 Å². The minimum Gasteiger partial charge on any atom is -0.462 e. The van der Waals surface area contributed by atoms with E-state index in [1.54, 1.807) is 24.5 Å². The average molecular weight is 388 g/mol. The summed E-state index contributed by atoms with van der Waals surface area (Å²) in [5.74, 6) is 0.0331. The van der Waals surface area contributed by atoms with Crippen molar-refractivity contribution in [1.29, 1.82) is 0 Å². The molecule has 0 aliphatic carbocycles. The van der Waals surface area contributed by atoms with E-state index in [2.05, 4.69) is 4.98 Å². The van der Waals surface area contributed by atoms with Crippen molar-refractivity contribution in [3.63, 3.8) is 0 Å². The number of carbonyl (C=O) groups is 1. The molecule has 146 valence electrons. The van der Waals surface area contributed by atoms with Crippen LogP contribution in [0.1, 0.15) is 42.1 Å². The summed E-state index contributed by atoms with van der Waals surface area (Å²) >= 11 is 0. The van der Waals surface area contributed by atoms with Crippen LogP contribution >= 0.6 is 0 Å². The van der Waals surface area contributed by atoms with E-state index in [1.165, 1.54) is 12.1 Å². The van der Waals surface area contributed by atoms with Gasteiger partial charge in [0.1, 0.15) is 0 Å². The third kappa shape index (κ3) is 3.48. The fourth-order valence-corrected chi connectivity index (χ4v) is 3.66. The molecule has 1 aromatic carbocycles. The fourth-order valence-electron chi connectivity index (χ4n) is 3.66. The Morgan fingerprint density at radius 3 is 2.54 bits per heavy atom. The smallest absolute Gasteiger partial charge is 0.416 e. The molecule has 3 heterocycles. The highest BCUT2D eigenvalue weighted by atomic mass is 19.4. The lowest BCUT2D eigenvalue weighted by atomic mass is 9.96. The Bertz CT molecular complexity index is 903. The van der Waals surface area contributed by atoms with Gasteiger partial charge in [0.05, 0.1) is 11.1 Å². The molecular formula is C21H19F3N2O2. The summed E-state index contributed by atoms with van der Waals surface area (Å²) in [6.45, 7) is 1.43. The Morgan fingerprint density at radius 2 is 1.86 bits per heavy atom. The molecule has 2 aromatic rings. The highest BCUT2D eigenvalue weighted by molar-refractivity contribution is 6.25. The zero-order valence-corrected chi connectivity index (χ0v) is 15.1. The molecule has 0 saturated carbocycles. The van der Waals surface area contributed by atoms with Crippen molar-refractivity contribution in [3.05, 3.63) is 71.4 Å². The number of rotatable bonds is 3. The summed E-state index contributed by atoms with van der Waals surface area (Å²) in [5.41, 5.74) is 0.241. The van der Waals surface area contributed by atoms with Crippen LogP contribution in [0.15, 0.2) is 54.7 Å². The van der Waals surface area contributed by atoms with Gasteiger partial charge in [-0.1, -0.05) is 18.2 Å². The molecule has 2 aliphatic rings. The number of halogens is 3. The molecule has 0 N–H and O–H groups in total. The Hall–Kier alpha value is -2.83. The molecule has 1 aromatic heterocycles. The molecule has 0 bridgehead atoms. The SMILES string of the molecule is O=C1C(c2cccc(C(F)(F)F)c2)=C(N2CCCCC2)OC1c1cccnc1. The molecule has 1 atom stereocenters. The second-order valence-corrected chi connectivity index (χ2v) is 6.95. The molecule has 2 aliphatic heterocycles. The summed E-state index contributed by atoms with van der Waals surface area (Å²) in [6.07, 6.45) is 0.759. The number of pyridine rings is 1. The van der Waals surface area contributed by atoms with Crippen LogP contribution in [0, 0.1) is 0 Å². The molecule has 7 heteroatoms. The summed E-state index contributed by atoms with van der Waals surface area (Å²) in [5, 5.41) is 0. The van der Waals surface area contributed by atoms with Gasteiger partial charge in [-0.2, -0.15) is 13.2 Å². The quantitative estimate of drug-likeness (QED) is 0.771.